The van der Waals surface area contributed by atoms with Crippen LogP contribution < -0.4 is 20.9 Å². The van der Waals surface area contributed by atoms with Gasteiger partial charge in [0, 0.05) is 51.2 Å². The third-order valence-electron chi connectivity index (χ3n) is 4.67. The highest BCUT2D eigenvalue weighted by molar-refractivity contribution is 7.06. The van der Waals surface area contributed by atoms with Crippen LogP contribution in [0.2, 0.25) is 0 Å². The molecule has 158 valence electrons. The van der Waals surface area contributed by atoms with E-state index in [1.54, 1.807) is 12.1 Å². The van der Waals surface area contributed by atoms with Gasteiger partial charge >= 0.3 is 6.03 Å². The van der Waals surface area contributed by atoms with E-state index < -0.39 is 0 Å². The van der Waals surface area contributed by atoms with Gasteiger partial charge in [-0.15, -0.1) is 0 Å². The van der Waals surface area contributed by atoms with Crippen LogP contribution in [0.3, 0.4) is 0 Å². The quantitative estimate of drug-likeness (QED) is 0.632. The molecule has 11 heteroatoms. The average Bonchev–Trinajstić information content (AvgIpc) is 3.20. The highest BCUT2D eigenvalue weighted by atomic mass is 32.1. The van der Waals surface area contributed by atoms with Crippen molar-refractivity contribution in [1.82, 2.24) is 24.9 Å². The molecule has 2 aromatic rings. The second-order valence-corrected chi connectivity index (χ2v) is 7.57. The first-order valence-electron chi connectivity index (χ1n) is 9.65. The van der Waals surface area contributed by atoms with E-state index >= 15 is 0 Å². The number of nitrogens with zero attached hydrogens (tertiary/aromatic N) is 5. The molecule has 1 aliphatic heterocycles. The zero-order valence-electron chi connectivity index (χ0n) is 16.9. The molecule has 1 aliphatic rings. The fourth-order valence-electron chi connectivity index (χ4n) is 3.18. The first-order valence-corrected chi connectivity index (χ1v) is 10.4. The molecule has 3 N–H and O–H groups in total. The molecule has 3 heterocycles. The van der Waals surface area contributed by atoms with Gasteiger partial charge in [-0.05, 0) is 36.7 Å². The number of pyridine rings is 1. The number of urea groups is 1. The number of carbonyl (C=O) groups is 2. The third kappa shape index (κ3) is 5.22. The molecule has 0 aromatic carbocycles. The first kappa shape index (κ1) is 21.5. The highest BCUT2D eigenvalue weighted by Crippen LogP contribution is 2.22. The molecule has 10 nitrogen and oxygen atoms in total. The molecule has 3 rings (SSSR count). The number of nitrogens with one attached hydrogen (secondary N) is 3. The van der Waals surface area contributed by atoms with Crippen molar-refractivity contribution in [1.29, 1.82) is 5.26 Å². The zero-order chi connectivity index (χ0) is 21.5. The number of anilines is 2. The summed E-state index contributed by atoms with van der Waals surface area (Å²) in [7, 11) is 1.53. The summed E-state index contributed by atoms with van der Waals surface area (Å²) in [5.41, 5.74) is 1.24. The minimum absolute atomic E-state index is 0.235. The first-order chi connectivity index (χ1) is 14.5. The van der Waals surface area contributed by atoms with E-state index in [2.05, 4.69) is 41.2 Å². The molecule has 0 saturated carbocycles. The Morgan fingerprint density at radius 2 is 2.03 bits per heavy atom. The van der Waals surface area contributed by atoms with E-state index in [0.29, 0.717) is 12.4 Å². The maximum absolute atomic E-state index is 11.7. The number of rotatable bonds is 6. The molecule has 30 heavy (non-hydrogen) atoms. The summed E-state index contributed by atoms with van der Waals surface area (Å²) in [6, 6.07) is 7.16. The van der Waals surface area contributed by atoms with Crippen LogP contribution in [0.15, 0.2) is 18.2 Å². The maximum atomic E-state index is 11.7. The Morgan fingerprint density at radius 1 is 1.27 bits per heavy atom. The Hall–Kier alpha value is -3.23. The standard InChI is InChI=1S/C19H24N8O2S/c1-3-22-19(29)24-17-10-13(30-25-17)12-26-6-8-27(9-7-26)16-5-4-14(18(28)21-2)23-15(16)11-20/h4-5,10H,3,6-9,12H2,1-2H3,(H,21,28)(H2,22,24,25,29). The van der Waals surface area contributed by atoms with Gasteiger partial charge in [-0.1, -0.05) is 0 Å². The van der Waals surface area contributed by atoms with E-state index in [4.69, 9.17) is 0 Å². The minimum atomic E-state index is -0.312. The Labute approximate surface area is 179 Å². The summed E-state index contributed by atoms with van der Waals surface area (Å²) in [5.74, 6) is 0.244. The summed E-state index contributed by atoms with van der Waals surface area (Å²) in [6.45, 7) is 6.30. The Bertz CT molecular complexity index is 946. The van der Waals surface area contributed by atoms with Crippen LogP contribution in [0.5, 0.6) is 0 Å². The molecule has 0 bridgehead atoms. The summed E-state index contributed by atoms with van der Waals surface area (Å²) in [5, 5.41) is 17.4. The van der Waals surface area contributed by atoms with Gasteiger partial charge in [-0.2, -0.15) is 9.64 Å². The maximum Gasteiger partial charge on any atom is 0.320 e. The second-order valence-electron chi connectivity index (χ2n) is 6.68. The van der Waals surface area contributed by atoms with Gasteiger partial charge in [-0.25, -0.2) is 9.78 Å². The Kier molecular flexibility index (Phi) is 7.16. The summed E-state index contributed by atoms with van der Waals surface area (Å²) in [6.07, 6.45) is 0. The second kappa shape index (κ2) is 10.00. The lowest BCUT2D eigenvalue weighted by Gasteiger charge is -2.36. The normalized spacial score (nSPS) is 14.1. The molecule has 3 amide bonds. The van der Waals surface area contributed by atoms with Crippen molar-refractivity contribution in [3.05, 3.63) is 34.5 Å². The molecular weight excluding hydrogens is 404 g/mol. The van der Waals surface area contributed by atoms with Crippen LogP contribution in [0, 0.1) is 11.3 Å². The number of hydrogen-bond acceptors (Lipinski definition) is 8. The van der Waals surface area contributed by atoms with Gasteiger partial charge in [-0.3, -0.25) is 15.0 Å². The molecule has 2 aromatic heterocycles. The van der Waals surface area contributed by atoms with E-state index in [0.717, 1.165) is 43.3 Å². The number of amides is 3. The summed E-state index contributed by atoms with van der Waals surface area (Å²) in [4.78, 5) is 33.0. The smallest absolute Gasteiger partial charge is 0.320 e. The fraction of sp³-hybridized carbons (Fsp3) is 0.421. The predicted octanol–water partition coefficient (Wildman–Crippen LogP) is 1.23. The average molecular weight is 429 g/mol. The van der Waals surface area contributed by atoms with E-state index in [-0.39, 0.29) is 23.3 Å². The van der Waals surface area contributed by atoms with Crippen molar-refractivity contribution >= 4 is 35.0 Å². The number of piperazine rings is 1. The lowest BCUT2D eigenvalue weighted by molar-refractivity contribution is 0.0958. The summed E-state index contributed by atoms with van der Waals surface area (Å²) < 4.78 is 4.27. The van der Waals surface area contributed by atoms with Crippen LogP contribution in [-0.2, 0) is 6.54 Å². The summed E-state index contributed by atoms with van der Waals surface area (Å²) >= 11 is 1.37. The topological polar surface area (TPSA) is 126 Å². The molecule has 0 unspecified atom stereocenters. The molecule has 0 aliphatic carbocycles. The number of hydrogen-bond donors (Lipinski definition) is 3. The van der Waals surface area contributed by atoms with Crippen LogP contribution in [-0.4, -0.2) is 66.0 Å². The van der Waals surface area contributed by atoms with Crippen LogP contribution in [0.1, 0.15) is 28.0 Å². The molecule has 1 saturated heterocycles. The van der Waals surface area contributed by atoms with Gasteiger partial charge < -0.3 is 15.5 Å². The van der Waals surface area contributed by atoms with Crippen LogP contribution in [0.25, 0.3) is 0 Å². The Balaban J connectivity index is 1.57. The van der Waals surface area contributed by atoms with Gasteiger partial charge in [0.2, 0.25) is 0 Å². The lowest BCUT2D eigenvalue weighted by Crippen LogP contribution is -2.46. The van der Waals surface area contributed by atoms with Crippen molar-refractivity contribution in [2.75, 3.05) is 50.0 Å². The van der Waals surface area contributed by atoms with Crippen LogP contribution >= 0.6 is 11.5 Å². The van der Waals surface area contributed by atoms with Gasteiger partial charge in [0.15, 0.2) is 5.69 Å². The van der Waals surface area contributed by atoms with E-state index in [1.807, 2.05) is 13.0 Å². The van der Waals surface area contributed by atoms with E-state index in [1.165, 1.54) is 18.6 Å². The van der Waals surface area contributed by atoms with E-state index in [9.17, 15) is 14.9 Å². The van der Waals surface area contributed by atoms with Crippen LogP contribution in [0.4, 0.5) is 16.3 Å². The van der Waals surface area contributed by atoms with Gasteiger partial charge in [0.1, 0.15) is 17.6 Å². The SMILES string of the molecule is CCNC(=O)Nc1cc(CN2CCN(c3ccc(C(=O)NC)nc3C#N)CC2)sn1. The third-order valence-corrected chi connectivity index (χ3v) is 5.44. The Morgan fingerprint density at radius 3 is 2.70 bits per heavy atom. The van der Waals surface area contributed by atoms with Crippen molar-refractivity contribution in [3.8, 4) is 6.07 Å². The van der Waals surface area contributed by atoms with Gasteiger partial charge in [0.25, 0.3) is 5.91 Å². The highest BCUT2D eigenvalue weighted by Gasteiger charge is 2.21. The van der Waals surface area contributed by atoms with Crippen molar-refractivity contribution in [3.63, 3.8) is 0 Å². The number of nitriles is 1. The molecule has 0 radical (unpaired) electrons. The van der Waals surface area contributed by atoms with Crippen molar-refractivity contribution in [2.24, 2.45) is 0 Å². The molecule has 1 fully saturated rings. The zero-order valence-corrected chi connectivity index (χ0v) is 17.8. The van der Waals surface area contributed by atoms with Crippen molar-refractivity contribution < 1.29 is 9.59 Å². The largest absolute Gasteiger partial charge is 0.367 e. The lowest BCUT2D eigenvalue weighted by atomic mass is 10.2. The molecule has 0 spiro atoms. The molecule has 0 atom stereocenters. The van der Waals surface area contributed by atoms with Gasteiger partial charge in [0.05, 0.1) is 5.69 Å². The number of aromatic nitrogens is 2. The minimum Gasteiger partial charge on any atom is -0.367 e. The monoisotopic (exact) mass is 428 g/mol. The number of carbonyl (C=O) groups excluding carboxylic acids is 2. The fourth-order valence-corrected chi connectivity index (χ4v) is 3.90. The predicted molar refractivity (Wildman–Crippen MR) is 115 cm³/mol. The molecular formula is C19H24N8O2S. The van der Waals surface area contributed by atoms with Crippen molar-refractivity contribution in [2.45, 2.75) is 13.5 Å².